The van der Waals surface area contributed by atoms with Gasteiger partial charge in [-0.3, -0.25) is 0 Å². The van der Waals surface area contributed by atoms with Crippen LogP contribution in [0.4, 0.5) is 0 Å². The van der Waals surface area contributed by atoms with E-state index in [0.717, 1.165) is 35.4 Å². The molecule has 0 saturated carbocycles. The molecule has 0 unspecified atom stereocenters. The van der Waals surface area contributed by atoms with Gasteiger partial charge in [0.15, 0.2) is 11.2 Å². The fraction of sp³-hybridized carbons (Fsp3) is 0.474. The van der Waals surface area contributed by atoms with Crippen LogP contribution in [0.15, 0.2) is 12.1 Å². The van der Waals surface area contributed by atoms with Gasteiger partial charge in [-0.15, -0.1) is 5.10 Å². The second kappa shape index (κ2) is 6.78. The lowest BCUT2D eigenvalue weighted by Gasteiger charge is -2.14. The first-order valence-electron chi connectivity index (χ1n) is 8.79. The van der Waals surface area contributed by atoms with E-state index in [2.05, 4.69) is 53.2 Å². The molecule has 0 atom stereocenters. The Labute approximate surface area is 148 Å². The number of rotatable bonds is 5. The first-order valence-corrected chi connectivity index (χ1v) is 8.79. The van der Waals surface area contributed by atoms with Crippen molar-refractivity contribution in [3.05, 3.63) is 34.6 Å². The van der Waals surface area contributed by atoms with Crippen molar-refractivity contribution < 1.29 is 4.74 Å². The average Bonchev–Trinajstić information content (AvgIpc) is 2.96. The average molecular weight is 339 g/mol. The molecule has 6 nitrogen and oxygen atoms in total. The molecule has 0 radical (unpaired) electrons. The van der Waals surface area contributed by atoms with Crippen LogP contribution in [0.2, 0.25) is 0 Å². The van der Waals surface area contributed by atoms with Crippen LogP contribution < -0.4 is 4.74 Å². The Morgan fingerprint density at radius 3 is 2.24 bits per heavy atom. The van der Waals surface area contributed by atoms with Crippen molar-refractivity contribution in [3.8, 4) is 11.6 Å². The van der Waals surface area contributed by atoms with E-state index in [0.29, 0.717) is 17.2 Å². The van der Waals surface area contributed by atoms with Gasteiger partial charge in [-0.05, 0) is 51.7 Å². The van der Waals surface area contributed by atoms with E-state index in [4.69, 9.17) is 4.74 Å². The van der Waals surface area contributed by atoms with E-state index >= 15 is 0 Å². The number of ether oxygens (including phenoxy) is 1. The fourth-order valence-corrected chi connectivity index (χ4v) is 3.29. The largest absolute Gasteiger partial charge is 0.436 e. The summed E-state index contributed by atoms with van der Waals surface area (Å²) >= 11 is 0. The van der Waals surface area contributed by atoms with Crippen molar-refractivity contribution in [2.45, 2.75) is 60.4 Å². The quantitative estimate of drug-likeness (QED) is 0.679. The number of nitrogens with zero attached hydrogens (tertiary/aromatic N) is 5. The van der Waals surface area contributed by atoms with Gasteiger partial charge < -0.3 is 4.74 Å². The SMILES string of the molecule is CCC(CC)n1nnc2c(Oc3c(C)cc(C)cc3C)nc(C)nc21. The Balaban J connectivity index is 2.12. The Kier molecular flexibility index (Phi) is 4.70. The molecular formula is C19H25N5O. The Hall–Kier alpha value is -2.50. The summed E-state index contributed by atoms with van der Waals surface area (Å²) in [4.78, 5) is 9.04. The van der Waals surface area contributed by atoms with E-state index in [1.165, 1.54) is 5.56 Å². The number of fused-ring (bicyclic) bond motifs is 1. The van der Waals surface area contributed by atoms with Crippen LogP contribution in [0.5, 0.6) is 11.6 Å². The number of hydrogen-bond donors (Lipinski definition) is 0. The second-order valence-electron chi connectivity index (χ2n) is 6.58. The summed E-state index contributed by atoms with van der Waals surface area (Å²) in [5.41, 5.74) is 4.71. The third-order valence-corrected chi connectivity index (χ3v) is 4.50. The summed E-state index contributed by atoms with van der Waals surface area (Å²) in [5, 5.41) is 8.64. The minimum Gasteiger partial charge on any atom is -0.436 e. The highest BCUT2D eigenvalue weighted by molar-refractivity contribution is 5.76. The monoisotopic (exact) mass is 339 g/mol. The molecule has 0 aliphatic heterocycles. The zero-order valence-electron chi connectivity index (χ0n) is 15.8. The number of aromatic nitrogens is 5. The summed E-state index contributed by atoms with van der Waals surface area (Å²) in [6.07, 6.45) is 1.95. The van der Waals surface area contributed by atoms with Crippen LogP contribution >= 0.6 is 0 Å². The molecule has 0 aliphatic rings. The number of aryl methyl sites for hydroxylation is 4. The maximum absolute atomic E-state index is 6.18. The minimum atomic E-state index is 0.273. The molecule has 3 aromatic rings. The van der Waals surface area contributed by atoms with E-state index in [9.17, 15) is 0 Å². The molecule has 0 saturated heterocycles. The van der Waals surface area contributed by atoms with Gasteiger partial charge in [-0.1, -0.05) is 36.8 Å². The molecule has 2 aromatic heterocycles. The highest BCUT2D eigenvalue weighted by atomic mass is 16.5. The van der Waals surface area contributed by atoms with E-state index in [-0.39, 0.29) is 6.04 Å². The van der Waals surface area contributed by atoms with Gasteiger partial charge in [0.05, 0.1) is 6.04 Å². The summed E-state index contributed by atoms with van der Waals surface area (Å²) in [6, 6.07) is 4.48. The summed E-state index contributed by atoms with van der Waals surface area (Å²) in [5.74, 6) is 1.94. The van der Waals surface area contributed by atoms with Crippen molar-refractivity contribution >= 4 is 11.2 Å². The van der Waals surface area contributed by atoms with Crippen LogP contribution in [0.25, 0.3) is 11.2 Å². The molecule has 0 aliphatic carbocycles. The lowest BCUT2D eigenvalue weighted by atomic mass is 10.1. The standard InChI is InChI=1S/C19H25N5O/c1-7-15(8-2)24-18-16(22-23-24)19(21-14(6)20-18)25-17-12(4)9-11(3)10-13(17)5/h9-10,15H,7-8H2,1-6H3. The molecule has 0 N–H and O–H groups in total. The maximum atomic E-state index is 6.18. The highest BCUT2D eigenvalue weighted by Gasteiger charge is 2.20. The zero-order valence-corrected chi connectivity index (χ0v) is 15.8. The molecule has 0 spiro atoms. The van der Waals surface area contributed by atoms with Gasteiger partial charge in [0, 0.05) is 0 Å². The summed E-state index contributed by atoms with van der Waals surface area (Å²) < 4.78 is 8.08. The van der Waals surface area contributed by atoms with E-state index in [1.54, 1.807) is 0 Å². The van der Waals surface area contributed by atoms with Crippen LogP contribution in [0.1, 0.15) is 55.2 Å². The molecule has 25 heavy (non-hydrogen) atoms. The molecule has 2 heterocycles. The van der Waals surface area contributed by atoms with E-state index < -0.39 is 0 Å². The molecule has 6 heteroatoms. The fourth-order valence-electron chi connectivity index (χ4n) is 3.29. The van der Waals surface area contributed by atoms with Crippen molar-refractivity contribution in [1.29, 1.82) is 0 Å². The molecule has 132 valence electrons. The molecule has 0 fully saturated rings. The number of benzene rings is 1. The van der Waals surface area contributed by atoms with Crippen LogP contribution in [-0.4, -0.2) is 25.0 Å². The third kappa shape index (κ3) is 3.21. The van der Waals surface area contributed by atoms with Crippen LogP contribution in [0, 0.1) is 27.7 Å². The minimum absolute atomic E-state index is 0.273. The summed E-state index contributed by atoms with van der Waals surface area (Å²) in [6.45, 7) is 12.3. The molecule has 0 amide bonds. The number of hydrogen-bond acceptors (Lipinski definition) is 5. The predicted molar refractivity (Wildman–Crippen MR) is 98.2 cm³/mol. The second-order valence-corrected chi connectivity index (χ2v) is 6.58. The van der Waals surface area contributed by atoms with Crippen LogP contribution in [-0.2, 0) is 0 Å². The highest BCUT2D eigenvalue weighted by Crippen LogP contribution is 2.32. The van der Waals surface area contributed by atoms with Crippen molar-refractivity contribution in [3.63, 3.8) is 0 Å². The molecular weight excluding hydrogens is 314 g/mol. The summed E-state index contributed by atoms with van der Waals surface area (Å²) in [7, 11) is 0. The topological polar surface area (TPSA) is 65.7 Å². The van der Waals surface area contributed by atoms with Gasteiger partial charge in [-0.2, -0.15) is 4.98 Å². The lowest BCUT2D eigenvalue weighted by Crippen LogP contribution is -2.10. The molecule has 1 aromatic carbocycles. The van der Waals surface area contributed by atoms with Crippen molar-refractivity contribution in [2.75, 3.05) is 0 Å². The van der Waals surface area contributed by atoms with Crippen LogP contribution in [0.3, 0.4) is 0 Å². The van der Waals surface area contributed by atoms with Gasteiger partial charge in [-0.25, -0.2) is 9.67 Å². The van der Waals surface area contributed by atoms with Gasteiger partial charge >= 0.3 is 0 Å². The first kappa shape index (κ1) is 17.3. The molecule has 0 bridgehead atoms. The zero-order chi connectivity index (χ0) is 18.1. The normalized spacial score (nSPS) is 11.5. The Morgan fingerprint density at radius 2 is 1.64 bits per heavy atom. The van der Waals surface area contributed by atoms with Crippen molar-refractivity contribution in [2.24, 2.45) is 0 Å². The van der Waals surface area contributed by atoms with Gasteiger partial charge in [0.25, 0.3) is 5.88 Å². The predicted octanol–water partition coefficient (Wildman–Crippen LogP) is 4.61. The smallest absolute Gasteiger partial charge is 0.253 e. The van der Waals surface area contributed by atoms with Gasteiger partial charge in [0.2, 0.25) is 0 Å². The van der Waals surface area contributed by atoms with Crippen molar-refractivity contribution in [1.82, 2.24) is 25.0 Å². The Bertz CT molecular complexity index is 889. The molecule has 3 rings (SSSR count). The lowest BCUT2D eigenvalue weighted by molar-refractivity contribution is 0.427. The maximum Gasteiger partial charge on any atom is 0.253 e. The third-order valence-electron chi connectivity index (χ3n) is 4.50. The van der Waals surface area contributed by atoms with Gasteiger partial charge in [0.1, 0.15) is 11.6 Å². The first-order chi connectivity index (χ1) is 11.9. The van der Waals surface area contributed by atoms with E-state index in [1.807, 2.05) is 25.5 Å². The Morgan fingerprint density at radius 1 is 1.00 bits per heavy atom.